The third-order valence-corrected chi connectivity index (χ3v) is 2.96. The van der Waals surface area contributed by atoms with Gasteiger partial charge in [-0.05, 0) is 31.0 Å². The molecule has 2 rings (SSSR count). The van der Waals surface area contributed by atoms with Crippen LogP contribution in [-0.2, 0) is 0 Å². The number of nitrogen functional groups attached to an aromatic ring is 1. The van der Waals surface area contributed by atoms with Crippen molar-refractivity contribution in [3.8, 4) is 0 Å². The molecule has 0 unspecified atom stereocenters. The van der Waals surface area contributed by atoms with Crippen LogP contribution in [0.15, 0.2) is 12.1 Å². The molecule has 1 fully saturated rings. The lowest BCUT2D eigenvalue weighted by molar-refractivity contribution is 0.0760. The first-order chi connectivity index (χ1) is 7.99. The van der Waals surface area contributed by atoms with Gasteiger partial charge in [0.2, 0.25) is 0 Å². The van der Waals surface area contributed by atoms with Crippen LogP contribution in [-0.4, -0.2) is 35.1 Å². The van der Waals surface area contributed by atoms with Crippen LogP contribution >= 0.6 is 0 Å². The van der Waals surface area contributed by atoms with Gasteiger partial charge in [-0.2, -0.15) is 0 Å². The van der Waals surface area contributed by atoms with Gasteiger partial charge in [-0.15, -0.1) is 0 Å². The molecule has 0 aromatic heterocycles. The lowest BCUT2D eigenvalue weighted by Gasteiger charge is -2.16. The Bertz CT molecular complexity index is 462. The number of hydrogen-bond donors (Lipinski definition) is 2. The molecule has 17 heavy (non-hydrogen) atoms. The lowest BCUT2D eigenvalue weighted by atomic mass is 10.1. The molecular weight excluding hydrogens is 223 g/mol. The molecule has 1 aliphatic rings. The van der Waals surface area contributed by atoms with Gasteiger partial charge in [-0.1, -0.05) is 0 Å². The van der Waals surface area contributed by atoms with Gasteiger partial charge in [-0.25, -0.2) is 4.39 Å². The number of carbonyl (C=O) groups is 1. The molecule has 0 bridgehead atoms. The van der Waals surface area contributed by atoms with Crippen LogP contribution < -0.4 is 5.73 Å². The van der Waals surface area contributed by atoms with Gasteiger partial charge in [0.25, 0.3) is 5.91 Å². The van der Waals surface area contributed by atoms with Crippen LogP contribution in [0.3, 0.4) is 0 Å². The maximum Gasteiger partial charge on any atom is 0.257 e. The maximum absolute atomic E-state index is 13.8. The summed E-state index contributed by atoms with van der Waals surface area (Å²) >= 11 is 0. The molecule has 1 aliphatic heterocycles. The summed E-state index contributed by atoms with van der Waals surface area (Å²) in [5, 5.41) is 9.36. The summed E-state index contributed by atoms with van der Waals surface area (Å²) in [6.07, 6.45) is 0.0263. The van der Waals surface area contributed by atoms with Crippen LogP contribution in [0.25, 0.3) is 0 Å². The summed E-state index contributed by atoms with van der Waals surface area (Å²) in [6.45, 7) is 2.28. The first-order valence-corrected chi connectivity index (χ1v) is 5.52. The Balaban J connectivity index is 2.31. The molecule has 1 heterocycles. The fourth-order valence-electron chi connectivity index (χ4n) is 2.05. The molecule has 1 saturated heterocycles. The second-order valence-corrected chi connectivity index (χ2v) is 4.39. The van der Waals surface area contributed by atoms with E-state index in [4.69, 9.17) is 5.73 Å². The molecule has 0 saturated carbocycles. The molecule has 5 heteroatoms. The average Bonchev–Trinajstić information content (AvgIpc) is 2.69. The first-order valence-electron chi connectivity index (χ1n) is 5.52. The zero-order chi connectivity index (χ0) is 12.6. The standard InChI is InChI=1S/C12H15FN2O2/c1-7-4-8(14)5-10(11(7)13)12(17)15-3-2-9(16)6-15/h4-5,9,16H,2-3,6,14H2,1H3/t9-/m1/s1. The number of nitrogens with two attached hydrogens (primary N) is 1. The van der Waals surface area contributed by atoms with E-state index < -0.39 is 17.8 Å². The van der Waals surface area contributed by atoms with E-state index in [1.807, 2.05) is 0 Å². The number of aliphatic hydroxyl groups excluding tert-OH is 1. The Kier molecular flexibility index (Phi) is 3.02. The molecule has 0 aliphatic carbocycles. The lowest BCUT2D eigenvalue weighted by Crippen LogP contribution is -2.30. The highest BCUT2D eigenvalue weighted by atomic mass is 19.1. The summed E-state index contributed by atoms with van der Waals surface area (Å²) in [5.74, 6) is -0.944. The van der Waals surface area contributed by atoms with Crippen LogP contribution in [0.1, 0.15) is 22.3 Å². The second-order valence-electron chi connectivity index (χ2n) is 4.39. The van der Waals surface area contributed by atoms with E-state index >= 15 is 0 Å². The zero-order valence-corrected chi connectivity index (χ0v) is 9.61. The number of aryl methyl sites for hydroxylation is 1. The van der Waals surface area contributed by atoms with Crippen molar-refractivity contribution in [1.82, 2.24) is 4.90 Å². The highest BCUT2D eigenvalue weighted by molar-refractivity contribution is 5.95. The number of carbonyl (C=O) groups excluding carboxylic acids is 1. The molecule has 0 radical (unpaired) electrons. The van der Waals surface area contributed by atoms with Gasteiger partial charge < -0.3 is 15.7 Å². The number of likely N-dealkylation sites (tertiary alicyclic amines) is 1. The fourth-order valence-corrected chi connectivity index (χ4v) is 2.05. The molecule has 1 atom stereocenters. The summed E-state index contributed by atoms with van der Waals surface area (Å²) in [6, 6.07) is 2.83. The van der Waals surface area contributed by atoms with Crippen molar-refractivity contribution < 1.29 is 14.3 Å². The molecule has 3 N–H and O–H groups in total. The summed E-state index contributed by atoms with van der Waals surface area (Å²) in [4.78, 5) is 13.5. The minimum atomic E-state index is -0.536. The van der Waals surface area contributed by atoms with Crippen molar-refractivity contribution in [1.29, 1.82) is 0 Å². The number of hydrogen-bond acceptors (Lipinski definition) is 3. The number of rotatable bonds is 1. The largest absolute Gasteiger partial charge is 0.399 e. The van der Waals surface area contributed by atoms with Crippen molar-refractivity contribution >= 4 is 11.6 Å². The highest BCUT2D eigenvalue weighted by Crippen LogP contribution is 2.20. The smallest absolute Gasteiger partial charge is 0.257 e. The summed E-state index contributed by atoms with van der Waals surface area (Å²) < 4.78 is 13.8. The van der Waals surface area contributed by atoms with E-state index in [1.165, 1.54) is 17.0 Å². The molecular formula is C12H15FN2O2. The Labute approximate surface area is 98.8 Å². The number of nitrogens with zero attached hydrogens (tertiary/aromatic N) is 1. The van der Waals surface area contributed by atoms with Crippen LogP contribution in [0, 0.1) is 12.7 Å². The molecule has 1 aromatic rings. The van der Waals surface area contributed by atoms with Gasteiger partial charge in [0.05, 0.1) is 11.7 Å². The maximum atomic E-state index is 13.8. The van der Waals surface area contributed by atoms with Crippen LogP contribution in [0.4, 0.5) is 10.1 Å². The SMILES string of the molecule is Cc1cc(N)cc(C(=O)N2CC[C@@H](O)C2)c1F. The number of benzene rings is 1. The van der Waals surface area contributed by atoms with Crippen molar-refractivity contribution in [2.75, 3.05) is 18.8 Å². The Hall–Kier alpha value is -1.62. The van der Waals surface area contributed by atoms with Crippen LogP contribution in [0.5, 0.6) is 0 Å². The van der Waals surface area contributed by atoms with E-state index in [9.17, 15) is 14.3 Å². The second kappa shape index (κ2) is 4.33. The number of anilines is 1. The Morgan fingerprint density at radius 1 is 1.59 bits per heavy atom. The normalized spacial score (nSPS) is 19.7. The monoisotopic (exact) mass is 238 g/mol. The Morgan fingerprint density at radius 3 is 2.88 bits per heavy atom. The predicted octanol–water partition coefficient (Wildman–Crippen LogP) is 0.923. The quantitative estimate of drug-likeness (QED) is 0.715. The van der Waals surface area contributed by atoms with Gasteiger partial charge in [0.1, 0.15) is 5.82 Å². The van der Waals surface area contributed by atoms with Crippen LogP contribution in [0.2, 0.25) is 0 Å². The van der Waals surface area contributed by atoms with Gasteiger partial charge >= 0.3 is 0 Å². The highest BCUT2D eigenvalue weighted by Gasteiger charge is 2.27. The van der Waals surface area contributed by atoms with E-state index in [-0.39, 0.29) is 12.1 Å². The molecule has 92 valence electrons. The summed E-state index contributed by atoms with van der Waals surface area (Å²) in [7, 11) is 0. The number of amides is 1. The third-order valence-electron chi connectivity index (χ3n) is 2.96. The zero-order valence-electron chi connectivity index (χ0n) is 9.61. The fraction of sp³-hybridized carbons (Fsp3) is 0.417. The van der Waals surface area contributed by atoms with E-state index in [2.05, 4.69) is 0 Å². The minimum Gasteiger partial charge on any atom is -0.399 e. The Morgan fingerprint density at radius 2 is 2.29 bits per heavy atom. The van der Waals surface area contributed by atoms with E-state index in [0.29, 0.717) is 24.2 Å². The summed E-state index contributed by atoms with van der Waals surface area (Å²) in [5.41, 5.74) is 6.31. The average molecular weight is 238 g/mol. The van der Waals surface area contributed by atoms with Crippen molar-refractivity contribution in [2.45, 2.75) is 19.4 Å². The molecule has 1 aromatic carbocycles. The minimum absolute atomic E-state index is 0.0170. The van der Waals surface area contributed by atoms with E-state index in [0.717, 1.165) is 0 Å². The number of aliphatic hydroxyl groups is 1. The topological polar surface area (TPSA) is 66.6 Å². The van der Waals surface area contributed by atoms with Crippen molar-refractivity contribution in [2.24, 2.45) is 0 Å². The van der Waals surface area contributed by atoms with Crippen molar-refractivity contribution in [3.63, 3.8) is 0 Å². The molecule has 0 spiro atoms. The first kappa shape index (κ1) is 11.9. The van der Waals surface area contributed by atoms with Crippen molar-refractivity contribution in [3.05, 3.63) is 29.1 Å². The number of halogens is 1. The number of β-amino-alcohol motifs (C(OH)–C–C–N with tert-alkyl or cyclic N) is 1. The van der Waals surface area contributed by atoms with E-state index in [1.54, 1.807) is 6.92 Å². The third kappa shape index (κ3) is 2.24. The van der Waals surface area contributed by atoms with Gasteiger partial charge in [-0.3, -0.25) is 4.79 Å². The van der Waals surface area contributed by atoms with Gasteiger partial charge in [0, 0.05) is 18.8 Å². The predicted molar refractivity (Wildman–Crippen MR) is 62.1 cm³/mol. The molecule has 1 amide bonds. The molecule has 4 nitrogen and oxygen atoms in total. The van der Waals surface area contributed by atoms with Gasteiger partial charge in [0.15, 0.2) is 0 Å².